The predicted octanol–water partition coefficient (Wildman–Crippen LogP) is -2.39. The van der Waals surface area contributed by atoms with Crippen LogP contribution in [0, 0.1) is 0 Å². The predicted molar refractivity (Wildman–Crippen MR) is 37.3 cm³/mol. The van der Waals surface area contributed by atoms with Gasteiger partial charge in [-0.2, -0.15) is 0 Å². The highest BCUT2D eigenvalue weighted by Crippen LogP contribution is 1.83. The number of carboxylic acid groups (broad SMARTS) is 2. The van der Waals surface area contributed by atoms with Gasteiger partial charge in [0, 0.05) is 0 Å². The lowest BCUT2D eigenvalue weighted by atomic mass is 10.6. The Hall–Kier alpha value is -1.85. The van der Waals surface area contributed by atoms with E-state index in [0.717, 1.165) is 0 Å². The first-order valence-electron chi connectivity index (χ1n) is 3.54. The molecule has 1 aromatic heterocycles. The summed E-state index contributed by atoms with van der Waals surface area (Å²) in [6, 6.07) is 0. The fraction of sp³-hybridized carbons (Fsp3) is 0.286. The summed E-state index contributed by atoms with van der Waals surface area (Å²) in [6.45, 7) is -0.452. The summed E-state index contributed by atoms with van der Waals surface area (Å²) < 4.78 is 2.70. The van der Waals surface area contributed by atoms with Crippen molar-refractivity contribution >= 4 is 11.9 Å². The van der Waals surface area contributed by atoms with Crippen LogP contribution in [0.3, 0.4) is 0 Å². The lowest BCUT2D eigenvalue weighted by molar-refractivity contribution is -0.690. The summed E-state index contributed by atoms with van der Waals surface area (Å²) >= 11 is 0. The molecule has 0 aromatic carbocycles. The molecule has 0 saturated carbocycles. The summed E-state index contributed by atoms with van der Waals surface area (Å²) in [5.41, 5.74) is 0. The largest absolute Gasteiger partial charge is 0.546 e. The highest BCUT2D eigenvalue weighted by atomic mass is 16.4. The van der Waals surface area contributed by atoms with Crippen LogP contribution in [-0.2, 0) is 22.7 Å². The van der Waals surface area contributed by atoms with Crippen LogP contribution in [0.4, 0.5) is 0 Å². The Balaban J connectivity index is 2.63. The summed E-state index contributed by atoms with van der Waals surface area (Å²) in [4.78, 5) is 20.4. The Labute approximate surface area is 73.7 Å². The van der Waals surface area contributed by atoms with Gasteiger partial charge in [0.05, 0.1) is 5.97 Å². The molecule has 0 atom stereocenters. The van der Waals surface area contributed by atoms with Gasteiger partial charge in [0.25, 0.3) is 0 Å². The van der Waals surface area contributed by atoms with E-state index in [1.54, 1.807) is 0 Å². The maximum Gasteiger partial charge on any atom is 0.346 e. The average Bonchev–Trinajstić information content (AvgIpc) is 2.33. The Morgan fingerprint density at radius 1 is 1.54 bits per heavy atom. The molecule has 0 bridgehead atoms. The van der Waals surface area contributed by atoms with Crippen molar-refractivity contribution in [3.05, 3.63) is 18.7 Å². The lowest BCUT2D eigenvalue weighted by Gasteiger charge is -1.95. The third kappa shape index (κ3) is 2.94. The third-order valence-corrected chi connectivity index (χ3v) is 1.38. The van der Waals surface area contributed by atoms with Gasteiger partial charge >= 0.3 is 5.97 Å². The van der Waals surface area contributed by atoms with Crippen molar-refractivity contribution in [1.29, 1.82) is 0 Å². The van der Waals surface area contributed by atoms with Crippen molar-refractivity contribution in [2.24, 2.45) is 0 Å². The molecule has 13 heavy (non-hydrogen) atoms. The highest BCUT2D eigenvalue weighted by Gasteiger charge is 2.06. The van der Waals surface area contributed by atoms with Crippen molar-refractivity contribution in [3.63, 3.8) is 0 Å². The fourth-order valence-corrected chi connectivity index (χ4v) is 0.931. The second-order valence-corrected chi connectivity index (χ2v) is 2.52. The van der Waals surface area contributed by atoms with Crippen LogP contribution >= 0.6 is 0 Å². The van der Waals surface area contributed by atoms with Crippen molar-refractivity contribution in [1.82, 2.24) is 4.57 Å². The molecule has 6 nitrogen and oxygen atoms in total. The van der Waals surface area contributed by atoms with Crippen molar-refractivity contribution in [3.8, 4) is 0 Å². The van der Waals surface area contributed by atoms with Crippen LogP contribution in [-0.4, -0.2) is 21.6 Å². The van der Waals surface area contributed by atoms with Gasteiger partial charge in [-0.05, 0) is 0 Å². The van der Waals surface area contributed by atoms with Gasteiger partial charge in [0.2, 0.25) is 6.33 Å². The zero-order chi connectivity index (χ0) is 9.84. The zero-order valence-corrected chi connectivity index (χ0v) is 6.71. The van der Waals surface area contributed by atoms with Crippen LogP contribution in [0.1, 0.15) is 0 Å². The number of aromatic nitrogens is 2. The number of rotatable bonds is 4. The molecular formula is C7H8N2O4. The number of carbonyl (C=O) groups excluding carboxylic acids is 1. The Kier molecular flexibility index (Phi) is 2.63. The first-order chi connectivity index (χ1) is 6.08. The minimum absolute atomic E-state index is 0.181. The molecule has 0 aliphatic heterocycles. The average molecular weight is 184 g/mol. The number of carbonyl (C=O) groups is 2. The Bertz CT molecular complexity index is 300. The molecule has 0 unspecified atom stereocenters. The number of hydrogen-bond donors (Lipinski definition) is 1. The molecule has 1 aromatic rings. The molecule has 0 aliphatic carbocycles. The molecule has 1 heterocycles. The molecule has 0 amide bonds. The second kappa shape index (κ2) is 3.70. The van der Waals surface area contributed by atoms with E-state index >= 15 is 0 Å². The normalized spacial score (nSPS) is 9.85. The summed E-state index contributed by atoms with van der Waals surface area (Å²) in [6.07, 6.45) is 4.35. The molecule has 0 radical (unpaired) electrons. The number of aliphatic carboxylic acids is 2. The number of carboxylic acids is 2. The summed E-state index contributed by atoms with van der Waals surface area (Å²) in [7, 11) is 0. The minimum Gasteiger partial charge on any atom is -0.546 e. The first-order valence-corrected chi connectivity index (χ1v) is 3.54. The van der Waals surface area contributed by atoms with E-state index in [2.05, 4.69) is 0 Å². The van der Waals surface area contributed by atoms with Crippen LogP contribution in [0.2, 0.25) is 0 Å². The van der Waals surface area contributed by atoms with E-state index in [4.69, 9.17) is 5.11 Å². The van der Waals surface area contributed by atoms with Crippen molar-refractivity contribution < 1.29 is 24.4 Å². The van der Waals surface area contributed by atoms with Gasteiger partial charge in [-0.15, -0.1) is 0 Å². The maximum absolute atomic E-state index is 10.2. The molecule has 0 spiro atoms. The number of hydrogen-bond acceptors (Lipinski definition) is 3. The topological polar surface area (TPSA) is 86.2 Å². The smallest absolute Gasteiger partial charge is 0.346 e. The van der Waals surface area contributed by atoms with E-state index in [1.165, 1.54) is 27.9 Å². The van der Waals surface area contributed by atoms with E-state index in [0.29, 0.717) is 0 Å². The fourth-order valence-electron chi connectivity index (χ4n) is 0.931. The quantitative estimate of drug-likeness (QED) is 0.529. The Morgan fingerprint density at radius 2 is 2.23 bits per heavy atom. The first kappa shape index (κ1) is 9.24. The molecule has 0 aliphatic rings. The van der Waals surface area contributed by atoms with E-state index < -0.39 is 11.9 Å². The molecule has 1 rings (SSSR count). The van der Waals surface area contributed by atoms with Crippen LogP contribution < -0.4 is 9.67 Å². The van der Waals surface area contributed by atoms with Gasteiger partial charge in [-0.3, -0.25) is 0 Å². The zero-order valence-electron chi connectivity index (χ0n) is 6.71. The molecule has 6 heteroatoms. The van der Waals surface area contributed by atoms with Crippen molar-refractivity contribution in [2.45, 2.75) is 13.1 Å². The van der Waals surface area contributed by atoms with Gasteiger partial charge < -0.3 is 15.0 Å². The van der Waals surface area contributed by atoms with E-state index in [1.807, 2.05) is 0 Å². The van der Waals surface area contributed by atoms with Crippen LogP contribution in [0.25, 0.3) is 0 Å². The highest BCUT2D eigenvalue weighted by molar-refractivity contribution is 5.66. The van der Waals surface area contributed by atoms with E-state index in [9.17, 15) is 14.7 Å². The van der Waals surface area contributed by atoms with Crippen LogP contribution in [0.15, 0.2) is 18.7 Å². The van der Waals surface area contributed by atoms with Gasteiger partial charge in [-0.25, -0.2) is 13.9 Å². The molecule has 1 N–H and O–H groups in total. The second-order valence-electron chi connectivity index (χ2n) is 2.52. The Morgan fingerprint density at radius 3 is 2.77 bits per heavy atom. The third-order valence-electron chi connectivity index (χ3n) is 1.38. The van der Waals surface area contributed by atoms with Gasteiger partial charge in [0.1, 0.15) is 18.9 Å². The molecule has 0 fully saturated rings. The lowest BCUT2D eigenvalue weighted by Crippen LogP contribution is -2.42. The molecule has 0 saturated heterocycles. The monoisotopic (exact) mass is 184 g/mol. The standard InChI is InChI=1S/C7H8N2O4/c10-6(11)3-8-1-2-9(5-8)4-7(12)13/h1-2,5H,3-4H2,(H-,10,11,12,13). The van der Waals surface area contributed by atoms with Crippen LogP contribution in [0.5, 0.6) is 0 Å². The SMILES string of the molecule is O=C([O-])C[n+]1ccn(CC(=O)O)c1. The van der Waals surface area contributed by atoms with Gasteiger partial charge in [-0.1, -0.05) is 0 Å². The minimum atomic E-state index is -1.21. The summed E-state index contributed by atoms with van der Waals surface area (Å²) in [5.74, 6) is -2.19. The number of imidazole rings is 1. The van der Waals surface area contributed by atoms with E-state index in [-0.39, 0.29) is 13.1 Å². The number of nitrogens with zero attached hydrogens (tertiary/aromatic N) is 2. The molecular weight excluding hydrogens is 176 g/mol. The molecule has 70 valence electrons. The maximum atomic E-state index is 10.2. The van der Waals surface area contributed by atoms with Gasteiger partial charge in [0.15, 0.2) is 6.54 Å². The summed E-state index contributed by atoms with van der Waals surface area (Å²) in [5, 5.41) is 18.5. The van der Waals surface area contributed by atoms with Crippen molar-refractivity contribution in [2.75, 3.05) is 0 Å².